The first-order valence-electron chi connectivity index (χ1n) is 26.1. The molecule has 0 radical (unpaired) electrons. The lowest BCUT2D eigenvalue weighted by atomic mass is 9.68. The summed E-state index contributed by atoms with van der Waals surface area (Å²) in [5.41, 5.74) is 1.78. The number of hydrogen-bond donors (Lipinski definition) is 3. The third-order valence-electron chi connectivity index (χ3n) is 13.1. The Bertz CT molecular complexity index is 975. The zero-order valence-corrected chi connectivity index (χ0v) is 39.6. The third kappa shape index (κ3) is 38.8. The summed E-state index contributed by atoms with van der Waals surface area (Å²) in [6.45, 7) is 6.93. The van der Waals surface area contributed by atoms with Crippen LogP contribution in [0.5, 0.6) is 0 Å². The molecular formula is C53H100O6. The fraction of sp³-hybridized carbons (Fsp3) is 0.906. The monoisotopic (exact) mass is 833 g/mol. The van der Waals surface area contributed by atoms with Gasteiger partial charge in [0.05, 0.1) is 0 Å². The van der Waals surface area contributed by atoms with Crippen LogP contribution in [0.1, 0.15) is 290 Å². The van der Waals surface area contributed by atoms with Gasteiger partial charge in [-0.05, 0) is 75.5 Å². The number of aliphatic carboxylic acids is 3. The molecule has 0 aliphatic rings. The molecule has 0 heterocycles. The summed E-state index contributed by atoms with van der Waals surface area (Å²) in [5, 5.41) is 27.3. The van der Waals surface area contributed by atoms with E-state index in [1.807, 2.05) is 0 Å². The maximum atomic E-state index is 11.2. The van der Waals surface area contributed by atoms with Crippen molar-refractivity contribution in [3.05, 3.63) is 11.6 Å². The van der Waals surface area contributed by atoms with Gasteiger partial charge in [0.1, 0.15) is 0 Å². The Labute approximate surface area is 366 Å². The van der Waals surface area contributed by atoms with Gasteiger partial charge in [-0.25, -0.2) is 0 Å². The molecule has 0 spiro atoms. The summed E-state index contributed by atoms with van der Waals surface area (Å²) in [6, 6.07) is 0. The average Bonchev–Trinajstić information content (AvgIpc) is 3.20. The minimum atomic E-state index is -0.677. The predicted octanol–water partition coefficient (Wildman–Crippen LogP) is 17.5. The maximum absolute atomic E-state index is 11.2. The van der Waals surface area contributed by atoms with E-state index < -0.39 is 17.9 Å². The second-order valence-electron chi connectivity index (χ2n) is 18.5. The number of rotatable bonds is 48. The fourth-order valence-electron chi connectivity index (χ4n) is 9.53. The van der Waals surface area contributed by atoms with E-state index in [0.29, 0.717) is 24.7 Å². The molecule has 348 valence electrons. The first-order chi connectivity index (χ1) is 28.8. The third-order valence-corrected chi connectivity index (χ3v) is 13.1. The number of carboxylic acid groups (broad SMARTS) is 3. The van der Waals surface area contributed by atoms with Gasteiger partial charge in [-0.2, -0.15) is 0 Å². The zero-order chi connectivity index (χ0) is 43.4. The summed E-state index contributed by atoms with van der Waals surface area (Å²) >= 11 is 0. The quantitative estimate of drug-likeness (QED) is 0.0416. The highest BCUT2D eigenvalue weighted by Crippen LogP contribution is 2.42. The van der Waals surface area contributed by atoms with Crippen LogP contribution in [0.25, 0.3) is 0 Å². The Morgan fingerprint density at radius 1 is 0.356 bits per heavy atom. The Morgan fingerprint density at radius 2 is 0.661 bits per heavy atom. The van der Waals surface area contributed by atoms with Crippen LogP contribution in [-0.2, 0) is 14.4 Å². The molecule has 0 aliphatic carbocycles. The molecular weight excluding hydrogens is 733 g/mol. The molecule has 0 amide bonds. The van der Waals surface area contributed by atoms with Crippen molar-refractivity contribution >= 4 is 17.9 Å². The zero-order valence-electron chi connectivity index (χ0n) is 39.6. The second-order valence-corrected chi connectivity index (χ2v) is 18.5. The lowest BCUT2D eigenvalue weighted by Crippen LogP contribution is -2.26. The Kier molecular flexibility index (Phi) is 42.8. The van der Waals surface area contributed by atoms with Crippen LogP contribution in [0.4, 0.5) is 0 Å². The van der Waals surface area contributed by atoms with Gasteiger partial charge in [-0.15, -0.1) is 0 Å². The van der Waals surface area contributed by atoms with E-state index in [1.54, 1.807) is 5.57 Å². The van der Waals surface area contributed by atoms with Gasteiger partial charge in [0.2, 0.25) is 0 Å². The number of unbranched alkanes of at least 4 members (excludes halogenated alkanes) is 28. The molecule has 0 rings (SSSR count). The molecule has 0 aromatic heterocycles. The summed E-state index contributed by atoms with van der Waals surface area (Å²) in [6.07, 6.45) is 51.4. The SMILES string of the molecule is CCCCCCCCC(=CCCCCCCCC(=O)O)C(CCCCCCC)C(CCCCCCCC(=O)O)C(CCCCCCCC)CCCCCCCCC(=O)O. The highest BCUT2D eigenvalue weighted by Gasteiger charge is 2.31. The molecule has 3 unspecified atom stereocenters. The van der Waals surface area contributed by atoms with E-state index >= 15 is 0 Å². The van der Waals surface area contributed by atoms with Crippen molar-refractivity contribution in [3.63, 3.8) is 0 Å². The average molecular weight is 833 g/mol. The van der Waals surface area contributed by atoms with Gasteiger partial charge in [-0.3, -0.25) is 14.4 Å². The van der Waals surface area contributed by atoms with Crippen LogP contribution >= 0.6 is 0 Å². The summed E-state index contributed by atoms with van der Waals surface area (Å²) < 4.78 is 0. The Morgan fingerprint density at radius 3 is 1.05 bits per heavy atom. The van der Waals surface area contributed by atoms with Crippen LogP contribution in [0.2, 0.25) is 0 Å². The first kappa shape index (κ1) is 57.1. The normalized spacial score (nSPS) is 13.4. The van der Waals surface area contributed by atoms with Crippen molar-refractivity contribution in [2.24, 2.45) is 17.8 Å². The molecule has 0 saturated heterocycles. The summed E-state index contributed by atoms with van der Waals surface area (Å²) in [7, 11) is 0. The Balaban J connectivity index is 6.45. The van der Waals surface area contributed by atoms with Gasteiger partial charge in [-0.1, -0.05) is 225 Å². The van der Waals surface area contributed by atoms with Crippen molar-refractivity contribution in [3.8, 4) is 0 Å². The molecule has 0 bridgehead atoms. The van der Waals surface area contributed by atoms with E-state index in [0.717, 1.165) is 70.1 Å². The van der Waals surface area contributed by atoms with Crippen molar-refractivity contribution in [2.45, 2.75) is 290 Å². The van der Waals surface area contributed by atoms with Crippen LogP contribution < -0.4 is 0 Å². The molecule has 0 aromatic carbocycles. The van der Waals surface area contributed by atoms with Crippen LogP contribution in [-0.4, -0.2) is 33.2 Å². The van der Waals surface area contributed by atoms with E-state index in [2.05, 4.69) is 26.8 Å². The van der Waals surface area contributed by atoms with E-state index in [1.165, 1.54) is 186 Å². The smallest absolute Gasteiger partial charge is 0.303 e. The van der Waals surface area contributed by atoms with Gasteiger partial charge < -0.3 is 15.3 Å². The standard InChI is InChI=1S/C53H100O6/c1-4-7-10-13-21-29-38-47(40-31-23-15-17-26-35-44-51(54)55)49(42-33-20-12-9-6-3)50(43-34-25-19-28-37-46-53(58)59)48(39-30-22-14-11-8-5-2)41-32-24-16-18-27-36-45-52(56)57/h40,48-50H,4-39,41-46H2,1-3H3,(H,54,55)(H,56,57)(H,58,59). The molecule has 3 N–H and O–H groups in total. The molecule has 59 heavy (non-hydrogen) atoms. The second kappa shape index (κ2) is 44.2. The minimum absolute atomic E-state index is 0.289. The Hall–Kier alpha value is -1.85. The van der Waals surface area contributed by atoms with Crippen molar-refractivity contribution in [1.82, 2.24) is 0 Å². The van der Waals surface area contributed by atoms with Crippen LogP contribution in [0.15, 0.2) is 11.6 Å². The van der Waals surface area contributed by atoms with Gasteiger partial charge >= 0.3 is 17.9 Å². The number of carbonyl (C=O) groups is 3. The fourth-order valence-corrected chi connectivity index (χ4v) is 9.53. The predicted molar refractivity (Wildman–Crippen MR) is 252 cm³/mol. The molecule has 6 nitrogen and oxygen atoms in total. The number of hydrogen-bond acceptors (Lipinski definition) is 3. The summed E-state index contributed by atoms with van der Waals surface area (Å²) in [5.74, 6) is 0.0652. The molecule has 6 heteroatoms. The topological polar surface area (TPSA) is 112 Å². The number of allylic oxidation sites excluding steroid dienone is 2. The van der Waals surface area contributed by atoms with Gasteiger partial charge in [0.15, 0.2) is 0 Å². The van der Waals surface area contributed by atoms with Gasteiger partial charge in [0, 0.05) is 19.3 Å². The highest BCUT2D eigenvalue weighted by atomic mass is 16.4. The molecule has 3 atom stereocenters. The highest BCUT2D eigenvalue weighted by molar-refractivity contribution is 5.67. The van der Waals surface area contributed by atoms with Crippen LogP contribution in [0.3, 0.4) is 0 Å². The first-order valence-corrected chi connectivity index (χ1v) is 26.1. The lowest BCUT2D eigenvalue weighted by Gasteiger charge is -2.37. The number of carboxylic acids is 3. The van der Waals surface area contributed by atoms with E-state index in [4.69, 9.17) is 10.2 Å². The van der Waals surface area contributed by atoms with Crippen molar-refractivity contribution in [2.75, 3.05) is 0 Å². The lowest BCUT2D eigenvalue weighted by molar-refractivity contribution is -0.138. The maximum Gasteiger partial charge on any atom is 0.303 e. The molecule has 0 fully saturated rings. The molecule has 0 aliphatic heterocycles. The molecule has 0 aromatic rings. The van der Waals surface area contributed by atoms with Crippen LogP contribution in [0, 0.1) is 17.8 Å². The minimum Gasteiger partial charge on any atom is -0.481 e. The van der Waals surface area contributed by atoms with E-state index in [-0.39, 0.29) is 6.42 Å². The largest absolute Gasteiger partial charge is 0.481 e. The van der Waals surface area contributed by atoms with E-state index in [9.17, 15) is 19.5 Å². The summed E-state index contributed by atoms with van der Waals surface area (Å²) in [4.78, 5) is 33.2. The van der Waals surface area contributed by atoms with Crippen molar-refractivity contribution < 1.29 is 29.7 Å². The van der Waals surface area contributed by atoms with Gasteiger partial charge in [0.25, 0.3) is 0 Å². The van der Waals surface area contributed by atoms with Crippen molar-refractivity contribution in [1.29, 1.82) is 0 Å². The molecule has 0 saturated carbocycles.